The number of carbonyl (C=O) groups excluding carboxylic acids is 1. The van der Waals surface area contributed by atoms with E-state index in [1.807, 2.05) is 30.3 Å². The molecule has 0 atom stereocenters. The molecule has 0 amide bonds. The molecule has 1 N–H and O–H groups in total. The Kier molecular flexibility index (Phi) is 10.1. The third-order valence-electron chi connectivity index (χ3n) is 6.30. The first-order valence-electron chi connectivity index (χ1n) is 13.2. The molecule has 7 nitrogen and oxygen atoms in total. The molecule has 9 heteroatoms. The average molecular weight is 608 g/mol. The first-order valence-corrected chi connectivity index (χ1v) is 15.4. The molecule has 0 unspecified atom stereocenters. The summed E-state index contributed by atoms with van der Waals surface area (Å²) >= 11 is 3.55. The van der Waals surface area contributed by atoms with Gasteiger partial charge in [-0.25, -0.2) is 17.9 Å². The number of fused-ring (bicyclic) bond motifs is 1. The van der Waals surface area contributed by atoms with Gasteiger partial charge in [-0.15, -0.1) is 0 Å². The molecule has 38 heavy (non-hydrogen) atoms. The minimum Gasteiger partial charge on any atom is -0.463 e. The lowest BCUT2D eigenvalue weighted by Crippen LogP contribution is -2.53. The van der Waals surface area contributed by atoms with Crippen LogP contribution < -0.4 is 14.4 Å². The zero-order valence-electron chi connectivity index (χ0n) is 22.9. The number of hydrogen-bond donors (Lipinski definition) is 1. The van der Waals surface area contributed by atoms with Gasteiger partial charge >= 0.3 is 5.97 Å². The number of carbonyl (C=O) groups is 1. The monoisotopic (exact) mass is 606 g/mol. The Labute approximate surface area is 235 Å². The van der Waals surface area contributed by atoms with E-state index in [0.29, 0.717) is 16.7 Å². The summed E-state index contributed by atoms with van der Waals surface area (Å²) < 4.78 is 42.5. The number of benzene rings is 2. The minimum absolute atomic E-state index is 0.125. The molecule has 2 aromatic carbocycles. The molecule has 0 aromatic heterocycles. The van der Waals surface area contributed by atoms with E-state index in [1.54, 1.807) is 26.8 Å². The van der Waals surface area contributed by atoms with Gasteiger partial charge in [0.25, 0.3) is 0 Å². The summed E-state index contributed by atoms with van der Waals surface area (Å²) in [6.07, 6.45) is 7.64. The zero-order chi connectivity index (χ0) is 28.0. The number of halogens is 1. The number of nitrogens with zero attached hydrogens (tertiary/aromatic N) is 1. The Bertz CT molecular complexity index is 1230. The number of nitrogens with one attached hydrogen (secondary N) is 1. The van der Waals surface area contributed by atoms with Crippen LogP contribution in [0.3, 0.4) is 0 Å². The van der Waals surface area contributed by atoms with Crippen LogP contribution >= 0.6 is 15.9 Å². The van der Waals surface area contributed by atoms with E-state index in [4.69, 9.17) is 9.47 Å². The fourth-order valence-corrected chi connectivity index (χ4v) is 6.63. The number of para-hydroxylation sites is 1. The van der Waals surface area contributed by atoms with Gasteiger partial charge in [-0.3, -0.25) is 0 Å². The lowest BCUT2D eigenvalue weighted by molar-refractivity contribution is -0.148. The SMILES string of the molecule is CCCCC1(CCCC)CN(c2ccccc2)c2cc(Br)c(O/C=C/C(=O)OC(C)(C)C)cc2S(=O)(=O)N1. The average Bonchev–Trinajstić information content (AvgIpc) is 2.93. The van der Waals surface area contributed by atoms with Crippen LogP contribution in [-0.4, -0.2) is 32.1 Å². The van der Waals surface area contributed by atoms with Crippen molar-refractivity contribution in [2.45, 2.75) is 89.2 Å². The van der Waals surface area contributed by atoms with Gasteiger partial charge in [0, 0.05) is 18.3 Å². The van der Waals surface area contributed by atoms with Crippen molar-refractivity contribution < 1.29 is 22.7 Å². The molecule has 208 valence electrons. The highest BCUT2D eigenvalue weighted by molar-refractivity contribution is 9.10. The molecule has 0 aliphatic carbocycles. The Morgan fingerprint density at radius 3 is 2.32 bits per heavy atom. The quantitative estimate of drug-likeness (QED) is 0.174. The van der Waals surface area contributed by atoms with Crippen LogP contribution in [0.2, 0.25) is 0 Å². The van der Waals surface area contributed by atoms with Gasteiger partial charge in [-0.1, -0.05) is 57.7 Å². The second-order valence-corrected chi connectivity index (χ2v) is 13.2. The minimum atomic E-state index is -3.90. The molecule has 1 aliphatic heterocycles. The van der Waals surface area contributed by atoms with E-state index in [2.05, 4.69) is 39.4 Å². The maximum atomic E-state index is 13.9. The fraction of sp³-hybridized carbons (Fsp3) is 0.483. The molecular formula is C29H39BrN2O5S. The Balaban J connectivity index is 2.08. The largest absolute Gasteiger partial charge is 0.463 e. The summed E-state index contributed by atoms with van der Waals surface area (Å²) in [6.45, 7) is 10.1. The van der Waals surface area contributed by atoms with E-state index < -0.39 is 27.1 Å². The van der Waals surface area contributed by atoms with Crippen molar-refractivity contribution in [3.05, 3.63) is 59.3 Å². The van der Waals surface area contributed by atoms with Gasteiger partial charge < -0.3 is 14.4 Å². The maximum absolute atomic E-state index is 13.9. The topological polar surface area (TPSA) is 84.9 Å². The fourth-order valence-electron chi connectivity index (χ4n) is 4.55. The van der Waals surface area contributed by atoms with E-state index in [1.165, 1.54) is 18.4 Å². The van der Waals surface area contributed by atoms with E-state index in [-0.39, 0.29) is 10.6 Å². The molecule has 1 aliphatic rings. The van der Waals surface area contributed by atoms with Gasteiger partial charge in [-0.2, -0.15) is 0 Å². The number of rotatable bonds is 10. The summed E-state index contributed by atoms with van der Waals surface area (Å²) in [5, 5.41) is 0. The van der Waals surface area contributed by atoms with Crippen LogP contribution in [0.5, 0.6) is 5.75 Å². The summed E-state index contributed by atoms with van der Waals surface area (Å²) in [5.74, 6) is -0.277. The van der Waals surface area contributed by atoms with E-state index >= 15 is 0 Å². The summed E-state index contributed by atoms with van der Waals surface area (Å²) in [7, 11) is -3.90. The Morgan fingerprint density at radius 2 is 1.74 bits per heavy atom. The molecular weight excluding hydrogens is 568 g/mol. The van der Waals surface area contributed by atoms with Crippen LogP contribution in [0.25, 0.3) is 0 Å². The molecule has 0 radical (unpaired) electrons. The molecule has 0 fully saturated rings. The van der Waals surface area contributed by atoms with Crippen molar-refractivity contribution in [3.8, 4) is 5.75 Å². The lowest BCUT2D eigenvalue weighted by atomic mass is 9.87. The van der Waals surface area contributed by atoms with Crippen molar-refractivity contribution in [3.63, 3.8) is 0 Å². The predicted octanol–water partition coefficient (Wildman–Crippen LogP) is 7.23. The number of anilines is 2. The van der Waals surface area contributed by atoms with Crippen molar-refractivity contribution >= 4 is 43.3 Å². The molecule has 0 spiro atoms. The first kappa shape index (κ1) is 30.2. The highest BCUT2D eigenvalue weighted by atomic mass is 79.9. The molecule has 2 aromatic rings. The van der Waals surface area contributed by atoms with Crippen LogP contribution in [0.4, 0.5) is 11.4 Å². The smallest absolute Gasteiger partial charge is 0.334 e. The highest BCUT2D eigenvalue weighted by Crippen LogP contribution is 2.43. The number of sulfonamides is 1. The molecule has 1 heterocycles. The maximum Gasteiger partial charge on any atom is 0.334 e. The van der Waals surface area contributed by atoms with Crippen molar-refractivity contribution in [1.29, 1.82) is 0 Å². The number of unbranched alkanes of at least 4 members (excludes halogenated alkanes) is 2. The van der Waals surface area contributed by atoms with Gasteiger partial charge in [0.15, 0.2) is 0 Å². The molecule has 0 bridgehead atoms. The summed E-state index contributed by atoms with van der Waals surface area (Å²) in [6, 6.07) is 13.1. The normalized spacial score (nSPS) is 16.6. The number of ether oxygens (including phenoxy) is 2. The van der Waals surface area contributed by atoms with Crippen LogP contribution in [0.15, 0.2) is 64.2 Å². The summed E-state index contributed by atoms with van der Waals surface area (Å²) in [4.78, 5) is 14.3. The zero-order valence-corrected chi connectivity index (χ0v) is 25.3. The van der Waals surface area contributed by atoms with Gasteiger partial charge in [-0.05, 0) is 67.7 Å². The first-order chi connectivity index (χ1) is 17.9. The summed E-state index contributed by atoms with van der Waals surface area (Å²) in [5.41, 5.74) is 0.225. The third-order valence-corrected chi connectivity index (χ3v) is 8.52. The van der Waals surface area contributed by atoms with Crippen LogP contribution in [0.1, 0.15) is 73.1 Å². The van der Waals surface area contributed by atoms with E-state index in [9.17, 15) is 13.2 Å². The second kappa shape index (κ2) is 12.7. The van der Waals surface area contributed by atoms with Gasteiger partial charge in [0.05, 0.1) is 28.0 Å². The Hall–Kier alpha value is -2.36. The predicted molar refractivity (Wildman–Crippen MR) is 155 cm³/mol. The Morgan fingerprint density at radius 1 is 1.11 bits per heavy atom. The number of esters is 1. The third kappa shape index (κ3) is 7.83. The highest BCUT2D eigenvalue weighted by Gasteiger charge is 2.41. The standard InChI is InChI=1S/C29H39BrN2O5S/c1-6-8-16-29(17-9-7-2)21-32(22-13-11-10-12-14-22)24-19-23(30)25(20-26(24)38(34,35)31-29)36-18-15-27(33)37-28(3,4)5/h10-15,18-20,31H,6-9,16-17,21H2,1-5H3/b18-15+. The molecule has 3 rings (SSSR count). The van der Waals surface area contributed by atoms with Crippen LogP contribution in [0, 0.1) is 0 Å². The molecule has 0 saturated heterocycles. The lowest BCUT2D eigenvalue weighted by Gasteiger charge is -2.37. The molecule has 0 saturated carbocycles. The van der Waals surface area contributed by atoms with Crippen molar-refractivity contribution in [2.75, 3.05) is 11.4 Å². The van der Waals surface area contributed by atoms with Crippen molar-refractivity contribution in [1.82, 2.24) is 4.72 Å². The van der Waals surface area contributed by atoms with E-state index in [0.717, 1.165) is 44.2 Å². The number of hydrogen-bond acceptors (Lipinski definition) is 6. The van der Waals surface area contributed by atoms with Gasteiger partial charge in [0.2, 0.25) is 10.0 Å². The second-order valence-electron chi connectivity index (χ2n) is 10.7. The van der Waals surface area contributed by atoms with Gasteiger partial charge in [0.1, 0.15) is 16.2 Å². The van der Waals surface area contributed by atoms with Crippen molar-refractivity contribution in [2.24, 2.45) is 0 Å². The van der Waals surface area contributed by atoms with Crippen LogP contribution in [-0.2, 0) is 19.6 Å².